The molecular weight excluding hydrogens is 743 g/mol. The molecule has 1 saturated heterocycles. The van der Waals surface area contributed by atoms with Gasteiger partial charge in [0.15, 0.2) is 0 Å². The average molecular weight is 777 g/mol. The molecule has 5 rings (SSSR count). The Kier molecular flexibility index (Phi) is 11.7. The monoisotopic (exact) mass is 776 g/mol. The predicted molar refractivity (Wildman–Crippen MR) is 178 cm³/mol. The van der Waals surface area contributed by atoms with Gasteiger partial charge in [-0.15, -0.1) is 0 Å². The minimum absolute atomic E-state index is 0.0233. The molecule has 10 nitrogen and oxygen atoms in total. The van der Waals surface area contributed by atoms with Crippen LogP contribution in [0.25, 0.3) is 10.8 Å². The molecule has 1 aliphatic heterocycles. The molecule has 1 heterocycles. The van der Waals surface area contributed by atoms with E-state index in [1.54, 1.807) is 30.3 Å². The number of methoxy groups -OCH3 is 1. The summed E-state index contributed by atoms with van der Waals surface area (Å²) in [5, 5.41) is 2.72. The van der Waals surface area contributed by atoms with Gasteiger partial charge in [0.05, 0.1) is 29.8 Å². The third-order valence-corrected chi connectivity index (χ3v) is 10.4. The third-order valence-electron chi connectivity index (χ3n) is 8.62. The smallest absolute Gasteiger partial charge is 0.417 e. The lowest BCUT2D eigenvalue weighted by molar-refractivity contribution is -0.143. The minimum Gasteiger partial charge on any atom is -0.496 e. The Balaban J connectivity index is 0.000000281. The van der Waals surface area contributed by atoms with Crippen LogP contribution in [0.1, 0.15) is 59.8 Å². The maximum absolute atomic E-state index is 13.8. The number of hydrogen-bond donors (Lipinski definition) is 3. The van der Waals surface area contributed by atoms with Gasteiger partial charge in [-0.2, -0.15) is 43.2 Å². The van der Waals surface area contributed by atoms with Crippen molar-refractivity contribution in [3.05, 3.63) is 101 Å². The summed E-state index contributed by atoms with van der Waals surface area (Å²) in [7, 11) is -8.01. The zero-order chi connectivity index (χ0) is 38.9. The fourth-order valence-corrected chi connectivity index (χ4v) is 7.51. The van der Waals surface area contributed by atoms with E-state index in [0.717, 1.165) is 45.2 Å². The Hall–Kier alpha value is -4.23. The van der Waals surface area contributed by atoms with Crippen molar-refractivity contribution in [2.24, 2.45) is 0 Å². The Morgan fingerprint density at radius 3 is 1.69 bits per heavy atom. The van der Waals surface area contributed by atoms with Crippen molar-refractivity contribution < 1.29 is 61.8 Å². The first-order valence-electron chi connectivity index (χ1n) is 15.4. The van der Waals surface area contributed by atoms with Crippen LogP contribution in [-0.2, 0) is 32.6 Å². The van der Waals surface area contributed by atoms with Gasteiger partial charge in [-0.25, -0.2) is 0 Å². The lowest BCUT2D eigenvalue weighted by atomic mass is 9.86. The van der Waals surface area contributed by atoms with E-state index in [0.29, 0.717) is 11.6 Å². The molecule has 4 aromatic rings. The lowest BCUT2D eigenvalue weighted by Crippen LogP contribution is -2.53. The van der Waals surface area contributed by atoms with Crippen molar-refractivity contribution in [3.63, 3.8) is 0 Å². The highest BCUT2D eigenvalue weighted by Gasteiger charge is 2.44. The number of alkyl halides is 6. The number of nitrogens with one attached hydrogen (secondary N) is 1. The van der Waals surface area contributed by atoms with Crippen LogP contribution in [0.5, 0.6) is 5.75 Å². The highest BCUT2D eigenvalue weighted by Crippen LogP contribution is 2.42. The first-order chi connectivity index (χ1) is 24.0. The van der Waals surface area contributed by atoms with E-state index in [-0.39, 0.29) is 16.8 Å². The van der Waals surface area contributed by atoms with Crippen LogP contribution in [0.2, 0.25) is 0 Å². The number of carbonyl (C=O) groups is 1. The van der Waals surface area contributed by atoms with Gasteiger partial charge in [-0.3, -0.25) is 18.8 Å². The predicted octanol–water partition coefficient (Wildman–Crippen LogP) is 7.41. The number of benzene rings is 4. The molecule has 1 atom stereocenters. The second-order valence-corrected chi connectivity index (χ2v) is 15.1. The van der Waals surface area contributed by atoms with Crippen molar-refractivity contribution in [2.75, 3.05) is 20.2 Å². The summed E-state index contributed by atoms with van der Waals surface area (Å²) in [6, 6.07) is 15.9. The second-order valence-electron chi connectivity index (χ2n) is 12.3. The fraction of sp³-hybridized carbons (Fsp3) is 0.324. The number of ether oxygens (including phenoxy) is 1. The highest BCUT2D eigenvalue weighted by molar-refractivity contribution is 7.86. The summed E-state index contributed by atoms with van der Waals surface area (Å²) in [4.78, 5) is 14.6. The van der Waals surface area contributed by atoms with E-state index in [4.69, 9.17) is 13.8 Å². The number of fused-ring (bicyclic) bond motifs is 1. The summed E-state index contributed by atoms with van der Waals surface area (Å²) < 4.78 is 149. The normalized spacial score (nSPS) is 15.1. The molecule has 282 valence electrons. The number of nitrogens with zero attached hydrogens (tertiary/aromatic N) is 1. The molecule has 0 bridgehead atoms. The van der Waals surface area contributed by atoms with E-state index in [1.807, 2.05) is 13.8 Å². The van der Waals surface area contributed by atoms with Gasteiger partial charge in [-0.05, 0) is 69.6 Å². The van der Waals surface area contributed by atoms with Gasteiger partial charge >= 0.3 is 12.4 Å². The Morgan fingerprint density at radius 2 is 1.27 bits per heavy atom. The van der Waals surface area contributed by atoms with Crippen LogP contribution < -0.4 is 10.1 Å². The van der Waals surface area contributed by atoms with E-state index < -0.39 is 82.3 Å². The maximum Gasteiger partial charge on any atom is 0.417 e. The summed E-state index contributed by atoms with van der Waals surface area (Å²) >= 11 is 0. The first-order valence-corrected chi connectivity index (χ1v) is 18.3. The van der Waals surface area contributed by atoms with Crippen LogP contribution in [0, 0.1) is 0 Å². The third kappa shape index (κ3) is 9.03. The molecule has 1 unspecified atom stereocenters. The number of amides is 1. The molecule has 0 saturated carbocycles. The van der Waals surface area contributed by atoms with E-state index >= 15 is 0 Å². The van der Waals surface area contributed by atoms with Gasteiger partial charge < -0.3 is 10.1 Å². The molecule has 0 spiro atoms. The van der Waals surface area contributed by atoms with Crippen LogP contribution in [0.4, 0.5) is 26.3 Å². The standard InChI is InChI=1S/C24H26F6N2O2.C10H8O6S2/c1-22(2,32-11-7-8-12-32)20(15-9-5-4-6-10-15)31-21(33)19-17(24(28,29)30)13-16(23(25,26)27)14-18(19)34-3;11-17(12,13)9-5-1-3-7-8(9)4-2-6-10(7)18(14,15)16/h4-6,9-10,13-14,20H,7-8,11-12H2,1-3H3,(H,31,33);1-6H,(H,11,12,13)(H,14,15,16). The topological polar surface area (TPSA) is 150 Å². The van der Waals surface area contributed by atoms with Crippen molar-refractivity contribution in [2.45, 2.75) is 60.4 Å². The quantitative estimate of drug-likeness (QED) is 0.123. The van der Waals surface area contributed by atoms with Gasteiger partial charge in [-0.1, -0.05) is 54.6 Å². The maximum atomic E-state index is 13.8. The molecule has 0 aliphatic carbocycles. The molecule has 4 aromatic carbocycles. The van der Waals surface area contributed by atoms with Gasteiger partial charge in [0.25, 0.3) is 26.1 Å². The minimum atomic E-state index is -5.21. The number of halogens is 6. The SMILES string of the molecule is COc1cc(C(F)(F)F)cc(C(F)(F)F)c1C(=O)NC(c1ccccc1)C(C)(C)N1CCCC1.O=S(=O)(O)c1cccc2c(S(=O)(=O)O)cccc12. The largest absolute Gasteiger partial charge is 0.496 e. The number of rotatable bonds is 8. The van der Waals surface area contributed by atoms with Crippen LogP contribution in [0.3, 0.4) is 0 Å². The summed E-state index contributed by atoms with van der Waals surface area (Å²) in [6.45, 7) is 5.27. The van der Waals surface area contributed by atoms with Crippen molar-refractivity contribution in [3.8, 4) is 5.75 Å². The van der Waals surface area contributed by atoms with Gasteiger partial charge in [0.1, 0.15) is 15.5 Å². The van der Waals surface area contributed by atoms with Crippen LogP contribution in [-0.4, -0.2) is 62.5 Å². The van der Waals surface area contributed by atoms with Crippen LogP contribution >= 0.6 is 0 Å². The molecule has 18 heteroatoms. The molecule has 3 N–H and O–H groups in total. The Morgan fingerprint density at radius 1 is 0.769 bits per heavy atom. The van der Waals surface area contributed by atoms with Gasteiger partial charge in [0, 0.05) is 16.3 Å². The zero-order valence-electron chi connectivity index (χ0n) is 27.8. The first kappa shape index (κ1) is 40.5. The molecule has 1 fully saturated rings. The van der Waals surface area contributed by atoms with Crippen molar-refractivity contribution in [1.82, 2.24) is 10.2 Å². The number of carbonyl (C=O) groups excluding carboxylic acids is 1. The van der Waals surface area contributed by atoms with E-state index in [2.05, 4.69) is 10.2 Å². The van der Waals surface area contributed by atoms with Crippen LogP contribution in [0.15, 0.2) is 88.7 Å². The zero-order valence-corrected chi connectivity index (χ0v) is 29.4. The highest BCUT2D eigenvalue weighted by atomic mass is 32.2. The summed E-state index contributed by atoms with van der Waals surface area (Å²) in [6.07, 6.45) is -8.37. The molecule has 0 radical (unpaired) electrons. The molecule has 52 heavy (non-hydrogen) atoms. The Bertz CT molecular complexity index is 2080. The summed E-state index contributed by atoms with van der Waals surface area (Å²) in [5.41, 5.74) is -4.27. The molecular formula is C34H34F6N2O8S2. The molecule has 1 aliphatic rings. The number of likely N-dealkylation sites (tertiary alicyclic amines) is 1. The van der Waals surface area contributed by atoms with Crippen molar-refractivity contribution in [1.29, 1.82) is 0 Å². The van der Waals surface area contributed by atoms with E-state index in [9.17, 15) is 48.0 Å². The average Bonchev–Trinajstić information content (AvgIpc) is 3.61. The molecule has 0 aromatic heterocycles. The molecule has 1 amide bonds. The fourth-order valence-electron chi connectivity index (χ4n) is 6.09. The summed E-state index contributed by atoms with van der Waals surface area (Å²) in [5.74, 6) is -1.97. The second kappa shape index (κ2) is 15.0. The van der Waals surface area contributed by atoms with E-state index in [1.165, 1.54) is 24.3 Å². The Labute approximate surface area is 295 Å². The lowest BCUT2D eigenvalue weighted by Gasteiger charge is -2.42. The van der Waals surface area contributed by atoms with Gasteiger partial charge in [0.2, 0.25) is 0 Å². The van der Waals surface area contributed by atoms with Crippen molar-refractivity contribution >= 4 is 36.9 Å². The number of hydrogen-bond acceptors (Lipinski definition) is 7.